The third-order valence-corrected chi connectivity index (χ3v) is 6.79. The van der Waals surface area contributed by atoms with Crippen molar-refractivity contribution in [2.75, 3.05) is 44.2 Å². The van der Waals surface area contributed by atoms with E-state index in [9.17, 15) is 4.79 Å². The van der Waals surface area contributed by atoms with Crippen LogP contribution >= 0.6 is 35.6 Å². The van der Waals surface area contributed by atoms with E-state index in [1.807, 2.05) is 31.2 Å². The molecule has 5 nitrogen and oxygen atoms in total. The number of piperazine rings is 1. The average Bonchev–Trinajstić information content (AvgIpc) is 3.18. The van der Waals surface area contributed by atoms with Crippen LogP contribution in [0.25, 0.3) is 11.3 Å². The largest absolute Gasteiger partial charge is 0.368 e. The monoisotopic (exact) mass is 506 g/mol. The molecule has 2 aromatic carbocycles. The van der Waals surface area contributed by atoms with E-state index in [1.165, 1.54) is 5.56 Å². The number of hydrogen-bond acceptors (Lipinski definition) is 3. The maximum absolute atomic E-state index is 12.7. The number of benzene rings is 2. The van der Waals surface area contributed by atoms with Crippen molar-refractivity contribution in [3.05, 3.63) is 75.4 Å². The van der Waals surface area contributed by atoms with Crippen molar-refractivity contribution in [3.8, 4) is 11.3 Å². The molecule has 0 aliphatic carbocycles. The van der Waals surface area contributed by atoms with E-state index in [1.54, 1.807) is 0 Å². The van der Waals surface area contributed by atoms with Gasteiger partial charge in [0.1, 0.15) is 0 Å². The topological polar surface area (TPSA) is 51.4 Å². The quantitative estimate of drug-likeness (QED) is 0.458. The summed E-state index contributed by atoms with van der Waals surface area (Å²) in [5, 5.41) is 4.26. The summed E-state index contributed by atoms with van der Waals surface area (Å²) in [6.07, 6.45) is 0. The lowest BCUT2D eigenvalue weighted by Gasteiger charge is -2.36. The summed E-state index contributed by atoms with van der Waals surface area (Å²) in [5.74, 6) is -0.0403. The molecule has 0 unspecified atom stereocenters. The molecule has 1 fully saturated rings. The molecule has 4 rings (SSSR count). The Balaban J connectivity index is 0.00000306. The van der Waals surface area contributed by atoms with E-state index in [4.69, 9.17) is 23.2 Å². The number of aromatic nitrogens is 1. The highest BCUT2D eigenvalue weighted by Crippen LogP contribution is 2.32. The number of hydrogen-bond donors (Lipinski definition) is 2. The van der Waals surface area contributed by atoms with Crippen molar-refractivity contribution < 1.29 is 4.79 Å². The minimum absolute atomic E-state index is 0. The number of rotatable bonds is 6. The Morgan fingerprint density at radius 1 is 1.03 bits per heavy atom. The molecule has 2 heterocycles. The van der Waals surface area contributed by atoms with Crippen LogP contribution < -0.4 is 10.2 Å². The van der Waals surface area contributed by atoms with Gasteiger partial charge >= 0.3 is 0 Å². The Morgan fingerprint density at radius 3 is 2.42 bits per heavy atom. The molecule has 2 N–H and O–H groups in total. The van der Waals surface area contributed by atoms with E-state index in [0.29, 0.717) is 22.2 Å². The summed E-state index contributed by atoms with van der Waals surface area (Å²) in [6, 6.07) is 16.0. The van der Waals surface area contributed by atoms with Crippen LogP contribution in [0, 0.1) is 13.8 Å². The second kappa shape index (κ2) is 11.3. The maximum atomic E-state index is 12.7. The number of carbonyl (C=O) groups is 1. The van der Waals surface area contributed by atoms with Gasteiger partial charge in [-0.1, -0.05) is 59.1 Å². The minimum Gasteiger partial charge on any atom is -0.368 e. The molecule has 1 aliphatic heterocycles. The molecule has 0 atom stereocenters. The predicted octanol–water partition coefficient (Wildman–Crippen LogP) is 5.58. The Hall–Kier alpha value is -2.18. The van der Waals surface area contributed by atoms with Gasteiger partial charge in [0.2, 0.25) is 0 Å². The highest BCUT2D eigenvalue weighted by Gasteiger charge is 2.20. The van der Waals surface area contributed by atoms with Gasteiger partial charge < -0.3 is 15.2 Å². The van der Waals surface area contributed by atoms with Gasteiger partial charge in [0.25, 0.3) is 5.91 Å². The zero-order valence-corrected chi connectivity index (χ0v) is 21.2. The van der Waals surface area contributed by atoms with Crippen LogP contribution in [0.4, 0.5) is 5.69 Å². The van der Waals surface area contributed by atoms with E-state index >= 15 is 0 Å². The molecule has 0 radical (unpaired) electrons. The van der Waals surface area contributed by atoms with Gasteiger partial charge in [0, 0.05) is 50.7 Å². The van der Waals surface area contributed by atoms with Crippen molar-refractivity contribution in [2.24, 2.45) is 0 Å². The zero-order chi connectivity index (χ0) is 22.7. The van der Waals surface area contributed by atoms with Crippen molar-refractivity contribution in [3.63, 3.8) is 0 Å². The number of nitrogens with one attached hydrogen (secondary N) is 2. The molecule has 1 saturated heterocycles. The smallest absolute Gasteiger partial charge is 0.253 e. The first kappa shape index (κ1) is 25.4. The van der Waals surface area contributed by atoms with E-state index < -0.39 is 0 Å². The van der Waals surface area contributed by atoms with E-state index in [-0.39, 0.29) is 18.3 Å². The molecule has 0 spiro atoms. The summed E-state index contributed by atoms with van der Waals surface area (Å²) < 4.78 is 0. The van der Waals surface area contributed by atoms with Crippen LogP contribution in [0.3, 0.4) is 0 Å². The number of halogens is 3. The average molecular weight is 508 g/mol. The van der Waals surface area contributed by atoms with E-state index in [2.05, 4.69) is 51.3 Å². The molecule has 1 amide bonds. The maximum Gasteiger partial charge on any atom is 0.253 e. The fourth-order valence-electron chi connectivity index (χ4n) is 4.05. The molecule has 3 aromatic rings. The van der Waals surface area contributed by atoms with Crippen LogP contribution in [-0.2, 0) is 0 Å². The molecular weight excluding hydrogens is 479 g/mol. The zero-order valence-electron chi connectivity index (χ0n) is 18.8. The Kier molecular flexibility index (Phi) is 8.71. The second-order valence-corrected chi connectivity index (χ2v) is 9.03. The first-order valence-electron chi connectivity index (χ1n) is 10.9. The van der Waals surface area contributed by atoms with Crippen molar-refractivity contribution in [1.29, 1.82) is 0 Å². The fraction of sp³-hybridized carbons (Fsp3) is 0.320. The highest BCUT2D eigenvalue weighted by atomic mass is 35.5. The van der Waals surface area contributed by atoms with Gasteiger partial charge in [-0.25, -0.2) is 0 Å². The lowest BCUT2D eigenvalue weighted by atomic mass is 10.1. The molecule has 1 aromatic heterocycles. The molecule has 0 saturated carbocycles. The normalized spacial score (nSPS) is 14.1. The van der Waals surface area contributed by atoms with Gasteiger partial charge in [-0.05, 0) is 37.6 Å². The van der Waals surface area contributed by atoms with Crippen LogP contribution in [-0.4, -0.2) is 55.1 Å². The molecule has 33 heavy (non-hydrogen) atoms. The van der Waals surface area contributed by atoms with Gasteiger partial charge in [-0.3, -0.25) is 9.69 Å². The summed E-state index contributed by atoms with van der Waals surface area (Å²) in [5.41, 5.74) is 5.82. The summed E-state index contributed by atoms with van der Waals surface area (Å²) in [4.78, 5) is 20.7. The fourth-order valence-corrected chi connectivity index (χ4v) is 4.47. The molecule has 8 heteroatoms. The predicted molar refractivity (Wildman–Crippen MR) is 140 cm³/mol. The highest BCUT2D eigenvalue weighted by molar-refractivity contribution is 6.43. The van der Waals surface area contributed by atoms with Crippen LogP contribution in [0.15, 0.2) is 48.5 Å². The van der Waals surface area contributed by atoms with Gasteiger partial charge in [-0.15, -0.1) is 12.4 Å². The number of H-pyrrole nitrogens is 1. The van der Waals surface area contributed by atoms with Gasteiger partial charge in [0.05, 0.1) is 21.3 Å². The summed E-state index contributed by atoms with van der Waals surface area (Å²) >= 11 is 12.5. The number of nitrogens with zero attached hydrogens (tertiary/aromatic N) is 2. The molecule has 176 valence electrons. The molecule has 0 bridgehead atoms. The number of amides is 1. The van der Waals surface area contributed by atoms with Crippen molar-refractivity contribution in [2.45, 2.75) is 13.8 Å². The van der Waals surface area contributed by atoms with Crippen molar-refractivity contribution in [1.82, 2.24) is 15.2 Å². The number of aryl methyl sites for hydroxylation is 2. The van der Waals surface area contributed by atoms with Crippen LogP contribution in [0.1, 0.15) is 21.6 Å². The third-order valence-electron chi connectivity index (χ3n) is 5.98. The van der Waals surface area contributed by atoms with Crippen molar-refractivity contribution >= 4 is 47.2 Å². The summed E-state index contributed by atoms with van der Waals surface area (Å²) in [7, 11) is 0. The Morgan fingerprint density at radius 2 is 1.73 bits per heavy atom. The number of anilines is 1. The first-order valence-corrected chi connectivity index (χ1v) is 11.6. The van der Waals surface area contributed by atoms with Crippen LogP contribution in [0.2, 0.25) is 10.0 Å². The number of aromatic amines is 1. The van der Waals surface area contributed by atoms with Gasteiger partial charge in [-0.2, -0.15) is 0 Å². The standard InChI is InChI=1S/C25H28Cl2N4O.ClH/c1-17-6-8-19(9-7-17)22-16-20(18(2)29-22)25(32)28-10-11-30-12-14-31(15-13-30)23-5-3-4-21(26)24(23)27;/h3-9,16,29H,10-15H2,1-2H3,(H,28,32);1H. The lowest BCUT2D eigenvalue weighted by molar-refractivity contribution is 0.0947. The SMILES string of the molecule is Cc1ccc(-c2cc(C(=O)NCCN3CCN(c4cccc(Cl)c4Cl)CC3)c(C)[nH]2)cc1.Cl. The minimum atomic E-state index is -0.0403. The lowest BCUT2D eigenvalue weighted by Crippen LogP contribution is -2.48. The van der Waals surface area contributed by atoms with Gasteiger partial charge in [0.15, 0.2) is 0 Å². The Labute approximate surface area is 211 Å². The molecular formula is C25H29Cl3N4O. The second-order valence-electron chi connectivity index (χ2n) is 8.25. The number of carbonyl (C=O) groups excluding carboxylic acids is 1. The third kappa shape index (κ3) is 6.04. The molecule has 1 aliphatic rings. The summed E-state index contributed by atoms with van der Waals surface area (Å²) in [6.45, 7) is 9.02. The van der Waals surface area contributed by atoms with Crippen LogP contribution in [0.5, 0.6) is 0 Å². The van der Waals surface area contributed by atoms with E-state index in [0.717, 1.165) is 55.4 Å². The Bertz CT molecular complexity index is 1090. The first-order chi connectivity index (χ1) is 15.4.